The van der Waals surface area contributed by atoms with Gasteiger partial charge in [0.1, 0.15) is 0 Å². The first-order chi connectivity index (χ1) is 8.89. The normalized spacial score (nSPS) is 35.8. The van der Waals surface area contributed by atoms with Crippen LogP contribution >= 0.6 is 0 Å². The van der Waals surface area contributed by atoms with Gasteiger partial charge >= 0.3 is 0 Å². The van der Waals surface area contributed by atoms with E-state index in [4.69, 9.17) is 5.73 Å². The molecule has 2 atom stereocenters. The smallest absolute Gasteiger partial charge is 0.0364 e. The first-order valence-corrected chi connectivity index (χ1v) is 8.08. The van der Waals surface area contributed by atoms with E-state index in [9.17, 15) is 0 Å². The van der Waals surface area contributed by atoms with Crippen molar-refractivity contribution in [3.63, 3.8) is 0 Å². The van der Waals surface area contributed by atoms with Crippen LogP contribution in [0, 0.1) is 5.92 Å². The first kappa shape index (κ1) is 15.3. The number of fused-ring (bicyclic) bond motifs is 2. The van der Waals surface area contributed by atoms with Crippen LogP contribution in [0.2, 0.25) is 0 Å². The number of rotatable bonds is 5. The predicted octanol–water partition coefficient (Wildman–Crippen LogP) is 2.31. The van der Waals surface area contributed by atoms with Gasteiger partial charge in [0, 0.05) is 36.8 Å². The predicted molar refractivity (Wildman–Crippen MR) is 82.3 cm³/mol. The lowest BCUT2D eigenvalue weighted by molar-refractivity contribution is -0.0230. The van der Waals surface area contributed by atoms with Crippen molar-refractivity contribution in [3.05, 3.63) is 0 Å². The number of piperidine rings is 1. The molecule has 3 heteroatoms. The maximum absolute atomic E-state index is 6.29. The summed E-state index contributed by atoms with van der Waals surface area (Å²) >= 11 is 0. The lowest BCUT2D eigenvalue weighted by Gasteiger charge is -2.53. The van der Waals surface area contributed by atoms with Crippen molar-refractivity contribution >= 4 is 0 Å². The molecule has 2 N–H and O–H groups in total. The Morgan fingerprint density at radius 1 is 1.16 bits per heavy atom. The van der Waals surface area contributed by atoms with E-state index in [2.05, 4.69) is 44.5 Å². The zero-order valence-corrected chi connectivity index (χ0v) is 13.5. The fourth-order valence-corrected chi connectivity index (χ4v) is 4.41. The molecule has 2 saturated heterocycles. The fourth-order valence-electron chi connectivity index (χ4n) is 4.41. The molecule has 0 saturated carbocycles. The van der Waals surface area contributed by atoms with Crippen LogP contribution in [-0.4, -0.2) is 53.6 Å². The molecule has 0 aromatic heterocycles. The van der Waals surface area contributed by atoms with E-state index in [0.717, 1.165) is 18.6 Å². The van der Waals surface area contributed by atoms with Gasteiger partial charge in [-0.25, -0.2) is 0 Å². The Kier molecular flexibility index (Phi) is 4.59. The summed E-state index contributed by atoms with van der Waals surface area (Å²) < 4.78 is 0. The molecule has 2 heterocycles. The zero-order chi connectivity index (χ0) is 14.2. The molecule has 0 aromatic carbocycles. The van der Waals surface area contributed by atoms with Gasteiger partial charge in [-0.15, -0.1) is 0 Å². The quantitative estimate of drug-likeness (QED) is 0.829. The Morgan fingerprint density at radius 2 is 1.68 bits per heavy atom. The average Bonchev–Trinajstić information content (AvgIpc) is 2.59. The lowest BCUT2D eigenvalue weighted by Crippen LogP contribution is -2.64. The van der Waals surface area contributed by atoms with Crippen LogP contribution in [0.3, 0.4) is 0 Å². The highest BCUT2D eigenvalue weighted by atomic mass is 15.3. The summed E-state index contributed by atoms with van der Waals surface area (Å²) in [6.45, 7) is 11.3. The summed E-state index contributed by atoms with van der Waals surface area (Å²) in [4.78, 5) is 5.33. The van der Waals surface area contributed by atoms with Crippen molar-refractivity contribution in [3.8, 4) is 0 Å². The third kappa shape index (κ3) is 2.84. The van der Waals surface area contributed by atoms with Crippen LogP contribution in [0.5, 0.6) is 0 Å². The summed E-state index contributed by atoms with van der Waals surface area (Å²) in [7, 11) is 2.31. The summed E-state index contributed by atoms with van der Waals surface area (Å²) in [5.41, 5.74) is 6.54. The molecule has 2 aliphatic rings. The van der Waals surface area contributed by atoms with Gasteiger partial charge in [-0.05, 0) is 52.5 Å². The van der Waals surface area contributed by atoms with Crippen molar-refractivity contribution in [1.82, 2.24) is 9.80 Å². The molecule has 2 rings (SSSR count). The zero-order valence-electron chi connectivity index (χ0n) is 13.5. The molecular formula is C16H33N3. The van der Waals surface area contributed by atoms with Gasteiger partial charge in [-0.3, -0.25) is 4.90 Å². The van der Waals surface area contributed by atoms with Crippen LogP contribution in [0.15, 0.2) is 0 Å². The van der Waals surface area contributed by atoms with Crippen molar-refractivity contribution < 1.29 is 0 Å². The van der Waals surface area contributed by atoms with Gasteiger partial charge in [0.2, 0.25) is 0 Å². The van der Waals surface area contributed by atoms with Crippen LogP contribution in [-0.2, 0) is 0 Å². The van der Waals surface area contributed by atoms with Crippen molar-refractivity contribution in [1.29, 1.82) is 0 Å². The molecule has 3 nitrogen and oxygen atoms in total. The topological polar surface area (TPSA) is 32.5 Å². The van der Waals surface area contributed by atoms with Crippen molar-refractivity contribution in [2.45, 2.75) is 77.0 Å². The van der Waals surface area contributed by atoms with Gasteiger partial charge in [-0.2, -0.15) is 0 Å². The van der Waals surface area contributed by atoms with E-state index in [-0.39, 0.29) is 5.54 Å². The van der Waals surface area contributed by atoms with Crippen LogP contribution in [0.25, 0.3) is 0 Å². The van der Waals surface area contributed by atoms with Gasteiger partial charge in [-0.1, -0.05) is 13.8 Å². The minimum absolute atomic E-state index is 0.247. The number of hydrogen-bond donors (Lipinski definition) is 1. The Morgan fingerprint density at radius 3 is 2.05 bits per heavy atom. The summed E-state index contributed by atoms with van der Waals surface area (Å²) in [6, 6.07) is 2.11. The molecule has 2 unspecified atom stereocenters. The van der Waals surface area contributed by atoms with Crippen LogP contribution < -0.4 is 5.73 Å². The van der Waals surface area contributed by atoms with Gasteiger partial charge in [0.15, 0.2) is 0 Å². The minimum Gasteiger partial charge on any atom is -0.329 e. The second-order valence-electron chi connectivity index (χ2n) is 7.53. The fraction of sp³-hybridized carbons (Fsp3) is 1.00. The largest absolute Gasteiger partial charge is 0.329 e. The Labute approximate surface area is 119 Å². The lowest BCUT2D eigenvalue weighted by atomic mass is 9.80. The number of hydrogen-bond acceptors (Lipinski definition) is 3. The Hall–Kier alpha value is -0.120. The minimum atomic E-state index is 0.247. The standard InChI is InChI=1S/C16H33N3/c1-12(2)10-19(13(3)4)16(11-17)8-14-6-7-15(9-16)18(14)5/h12-15H,6-11,17H2,1-5H3. The summed E-state index contributed by atoms with van der Waals surface area (Å²) in [6.07, 6.45) is 5.27. The second-order valence-corrected chi connectivity index (χ2v) is 7.53. The molecule has 112 valence electrons. The average molecular weight is 267 g/mol. The third-order valence-electron chi connectivity index (χ3n) is 5.39. The Bertz CT molecular complexity index is 286. The highest BCUT2D eigenvalue weighted by molar-refractivity contribution is 5.07. The molecule has 2 bridgehead atoms. The SMILES string of the molecule is CC(C)CN(C(C)C)C1(CN)CC2CCC(C1)N2C. The monoisotopic (exact) mass is 267 g/mol. The highest BCUT2D eigenvalue weighted by Gasteiger charge is 2.49. The molecule has 2 aliphatic heterocycles. The maximum atomic E-state index is 6.29. The molecular weight excluding hydrogens is 234 g/mol. The molecule has 0 aliphatic carbocycles. The number of nitrogens with two attached hydrogens (primary N) is 1. The second kappa shape index (κ2) is 5.71. The highest BCUT2D eigenvalue weighted by Crippen LogP contribution is 2.43. The van der Waals surface area contributed by atoms with E-state index in [1.165, 1.54) is 32.2 Å². The van der Waals surface area contributed by atoms with Crippen molar-refractivity contribution in [2.24, 2.45) is 11.7 Å². The first-order valence-electron chi connectivity index (χ1n) is 8.08. The molecule has 19 heavy (non-hydrogen) atoms. The number of nitrogens with zero attached hydrogens (tertiary/aromatic N) is 2. The van der Waals surface area contributed by atoms with E-state index in [1.807, 2.05) is 0 Å². The van der Waals surface area contributed by atoms with E-state index >= 15 is 0 Å². The maximum Gasteiger partial charge on any atom is 0.0364 e. The van der Waals surface area contributed by atoms with Gasteiger partial charge < -0.3 is 10.6 Å². The third-order valence-corrected chi connectivity index (χ3v) is 5.39. The molecule has 0 amide bonds. The van der Waals surface area contributed by atoms with Gasteiger partial charge in [0.25, 0.3) is 0 Å². The Balaban J connectivity index is 2.21. The molecule has 2 fully saturated rings. The van der Waals surface area contributed by atoms with E-state index < -0.39 is 0 Å². The van der Waals surface area contributed by atoms with Crippen molar-refractivity contribution in [2.75, 3.05) is 20.1 Å². The van der Waals surface area contributed by atoms with E-state index in [0.29, 0.717) is 12.0 Å². The summed E-state index contributed by atoms with van der Waals surface area (Å²) in [5, 5.41) is 0. The van der Waals surface area contributed by atoms with Crippen LogP contribution in [0.1, 0.15) is 53.4 Å². The summed E-state index contributed by atoms with van der Waals surface area (Å²) in [5.74, 6) is 0.711. The van der Waals surface area contributed by atoms with Crippen LogP contribution in [0.4, 0.5) is 0 Å². The molecule has 0 radical (unpaired) electrons. The molecule has 0 aromatic rings. The van der Waals surface area contributed by atoms with Gasteiger partial charge in [0.05, 0.1) is 0 Å². The molecule has 0 spiro atoms. The van der Waals surface area contributed by atoms with E-state index in [1.54, 1.807) is 0 Å².